The zero-order valence-electron chi connectivity index (χ0n) is 10.7. The Hall–Kier alpha value is -2.89. The number of hydrogen-bond acceptors (Lipinski definition) is 4. The Morgan fingerprint density at radius 1 is 1.25 bits per heavy atom. The molecule has 3 aromatic rings. The molecular formula is C14H13N5O. The summed E-state index contributed by atoms with van der Waals surface area (Å²) in [6.45, 7) is 0.495. The molecule has 0 radical (unpaired) electrons. The Morgan fingerprint density at radius 2 is 2.05 bits per heavy atom. The van der Waals surface area contributed by atoms with Crippen molar-refractivity contribution in [1.29, 1.82) is 0 Å². The average molecular weight is 267 g/mol. The molecule has 3 rings (SSSR count). The van der Waals surface area contributed by atoms with Gasteiger partial charge in [0.2, 0.25) is 11.7 Å². The monoisotopic (exact) mass is 267 g/mol. The van der Waals surface area contributed by atoms with Crippen molar-refractivity contribution in [2.45, 2.75) is 6.54 Å². The third-order valence-electron chi connectivity index (χ3n) is 2.95. The normalized spacial score (nSPS) is 11.4. The average Bonchev–Trinajstić information content (AvgIpc) is 2.93. The molecule has 0 aliphatic carbocycles. The van der Waals surface area contributed by atoms with Gasteiger partial charge in [0.05, 0.1) is 0 Å². The van der Waals surface area contributed by atoms with Crippen LogP contribution in [0.3, 0.4) is 0 Å². The second-order valence-corrected chi connectivity index (χ2v) is 4.27. The van der Waals surface area contributed by atoms with Gasteiger partial charge in [-0.3, -0.25) is 4.57 Å². The van der Waals surface area contributed by atoms with Gasteiger partial charge in [-0.2, -0.15) is 4.98 Å². The fourth-order valence-corrected chi connectivity index (χ4v) is 1.99. The summed E-state index contributed by atoms with van der Waals surface area (Å²) in [5.41, 5.74) is 6.47. The van der Waals surface area contributed by atoms with Gasteiger partial charge in [-0.25, -0.2) is 14.2 Å². The Balaban J connectivity index is 1.94. The minimum absolute atomic E-state index is 0.159. The van der Waals surface area contributed by atoms with Gasteiger partial charge in [-0.05, 0) is 5.56 Å². The van der Waals surface area contributed by atoms with Crippen molar-refractivity contribution in [2.75, 3.05) is 5.73 Å². The maximum atomic E-state index is 11.6. The largest absolute Gasteiger partial charge is 0.369 e. The molecule has 2 aromatic heterocycles. The van der Waals surface area contributed by atoms with Crippen LogP contribution in [-0.4, -0.2) is 18.9 Å². The molecular weight excluding hydrogens is 254 g/mol. The fourth-order valence-electron chi connectivity index (χ4n) is 1.99. The molecule has 0 saturated heterocycles. The van der Waals surface area contributed by atoms with Gasteiger partial charge < -0.3 is 5.73 Å². The molecule has 6 nitrogen and oxygen atoms in total. The summed E-state index contributed by atoms with van der Waals surface area (Å²) in [5, 5.41) is 0. The molecule has 0 aliphatic heterocycles. The molecule has 0 spiro atoms. The Morgan fingerprint density at radius 3 is 2.85 bits per heavy atom. The van der Waals surface area contributed by atoms with Crippen molar-refractivity contribution >= 4 is 17.8 Å². The predicted molar refractivity (Wildman–Crippen MR) is 77.1 cm³/mol. The molecule has 2 heterocycles. The number of imidazole rings is 1. The molecule has 0 fully saturated rings. The van der Waals surface area contributed by atoms with Gasteiger partial charge in [0.25, 0.3) is 0 Å². The number of allylic oxidation sites excluding steroid dienone is 1. The van der Waals surface area contributed by atoms with E-state index in [-0.39, 0.29) is 5.95 Å². The summed E-state index contributed by atoms with van der Waals surface area (Å²) >= 11 is 0. The standard InChI is InChI=1S/C14H13N5O/c15-12-17-14(20)19-10-8-16-13(19)18(12)9-4-7-11-5-2-1-3-6-11/h1-8,10H,9H2,(H2,15,17,20)/b7-4+. The van der Waals surface area contributed by atoms with Crippen LogP contribution in [0, 0.1) is 0 Å². The number of nitrogen functional groups attached to an aromatic ring is 1. The smallest absolute Gasteiger partial charge is 0.357 e. The fraction of sp³-hybridized carbons (Fsp3) is 0.0714. The van der Waals surface area contributed by atoms with E-state index in [2.05, 4.69) is 9.97 Å². The Labute approximate surface area is 114 Å². The highest BCUT2D eigenvalue weighted by atomic mass is 16.1. The zero-order valence-corrected chi connectivity index (χ0v) is 10.7. The molecule has 20 heavy (non-hydrogen) atoms. The molecule has 100 valence electrons. The third-order valence-corrected chi connectivity index (χ3v) is 2.95. The van der Waals surface area contributed by atoms with Crippen LogP contribution in [0.15, 0.2) is 53.6 Å². The number of rotatable bonds is 3. The molecule has 1 aromatic carbocycles. The molecule has 0 saturated carbocycles. The number of anilines is 1. The second kappa shape index (κ2) is 5.00. The summed E-state index contributed by atoms with van der Waals surface area (Å²) in [4.78, 5) is 19.5. The summed E-state index contributed by atoms with van der Waals surface area (Å²) in [5.74, 6) is 0.645. The van der Waals surface area contributed by atoms with Crippen molar-refractivity contribution < 1.29 is 0 Å². The first-order valence-electron chi connectivity index (χ1n) is 6.16. The predicted octanol–water partition coefficient (Wildman–Crippen LogP) is 1.19. The molecule has 6 heteroatoms. The van der Waals surface area contributed by atoms with Crippen LogP contribution in [0.5, 0.6) is 0 Å². The lowest BCUT2D eigenvalue weighted by Crippen LogP contribution is -2.23. The number of aromatic nitrogens is 4. The van der Waals surface area contributed by atoms with Crippen molar-refractivity contribution in [3.8, 4) is 0 Å². The lowest BCUT2D eigenvalue weighted by atomic mass is 10.2. The maximum Gasteiger partial charge on any atom is 0.357 e. The molecule has 0 atom stereocenters. The quantitative estimate of drug-likeness (QED) is 0.773. The number of fused-ring (bicyclic) bond motifs is 1. The van der Waals surface area contributed by atoms with Gasteiger partial charge >= 0.3 is 5.69 Å². The Kier molecular flexibility index (Phi) is 3.04. The number of nitrogens with two attached hydrogens (primary N) is 1. The second-order valence-electron chi connectivity index (χ2n) is 4.27. The molecule has 0 unspecified atom stereocenters. The highest BCUT2D eigenvalue weighted by Gasteiger charge is 2.07. The maximum absolute atomic E-state index is 11.6. The van der Waals surface area contributed by atoms with Crippen LogP contribution in [0.1, 0.15) is 5.56 Å². The van der Waals surface area contributed by atoms with E-state index in [1.165, 1.54) is 4.40 Å². The van der Waals surface area contributed by atoms with Crippen LogP contribution < -0.4 is 11.4 Å². The van der Waals surface area contributed by atoms with Crippen LogP contribution in [0.25, 0.3) is 11.9 Å². The van der Waals surface area contributed by atoms with Crippen molar-refractivity contribution in [1.82, 2.24) is 18.9 Å². The van der Waals surface area contributed by atoms with Crippen LogP contribution in [0.2, 0.25) is 0 Å². The van der Waals surface area contributed by atoms with Crippen LogP contribution >= 0.6 is 0 Å². The number of hydrogen-bond donors (Lipinski definition) is 1. The van der Waals surface area contributed by atoms with Crippen molar-refractivity contribution in [3.05, 3.63) is 64.8 Å². The topological polar surface area (TPSA) is 78.2 Å². The van der Waals surface area contributed by atoms with Gasteiger partial charge in [0.1, 0.15) is 0 Å². The first-order valence-corrected chi connectivity index (χ1v) is 6.16. The van der Waals surface area contributed by atoms with E-state index in [1.54, 1.807) is 17.0 Å². The summed E-state index contributed by atoms with van der Waals surface area (Å²) in [6, 6.07) is 9.93. The van der Waals surface area contributed by atoms with Crippen LogP contribution in [0.4, 0.5) is 5.95 Å². The first-order chi connectivity index (χ1) is 9.75. The summed E-state index contributed by atoms with van der Waals surface area (Å²) in [7, 11) is 0. The van der Waals surface area contributed by atoms with Gasteiger partial charge in [-0.1, -0.05) is 42.5 Å². The van der Waals surface area contributed by atoms with E-state index < -0.39 is 5.69 Å². The van der Waals surface area contributed by atoms with E-state index in [0.29, 0.717) is 12.3 Å². The minimum Gasteiger partial charge on any atom is -0.369 e. The van der Waals surface area contributed by atoms with Crippen molar-refractivity contribution in [3.63, 3.8) is 0 Å². The van der Waals surface area contributed by atoms with E-state index in [9.17, 15) is 4.79 Å². The molecule has 0 amide bonds. The molecule has 2 N–H and O–H groups in total. The molecule has 0 aliphatic rings. The van der Waals surface area contributed by atoms with Crippen LogP contribution in [-0.2, 0) is 6.54 Å². The number of benzene rings is 1. The lowest BCUT2D eigenvalue weighted by Gasteiger charge is -2.07. The summed E-state index contributed by atoms with van der Waals surface area (Å²) < 4.78 is 3.05. The third kappa shape index (κ3) is 2.18. The van der Waals surface area contributed by atoms with E-state index in [0.717, 1.165) is 5.56 Å². The van der Waals surface area contributed by atoms with E-state index in [1.807, 2.05) is 42.5 Å². The lowest BCUT2D eigenvalue weighted by molar-refractivity contribution is 0.772. The highest BCUT2D eigenvalue weighted by Crippen LogP contribution is 2.06. The minimum atomic E-state index is -0.418. The van der Waals surface area contributed by atoms with Gasteiger partial charge in [0, 0.05) is 18.9 Å². The van der Waals surface area contributed by atoms with E-state index >= 15 is 0 Å². The SMILES string of the molecule is Nc1nc(=O)n2ccnc2n1C/C=C/c1ccccc1. The summed E-state index contributed by atoms with van der Waals surface area (Å²) in [6.07, 6.45) is 7.06. The van der Waals surface area contributed by atoms with Gasteiger partial charge in [0.15, 0.2) is 0 Å². The zero-order chi connectivity index (χ0) is 13.9. The van der Waals surface area contributed by atoms with Crippen molar-refractivity contribution in [2.24, 2.45) is 0 Å². The number of nitrogens with zero attached hydrogens (tertiary/aromatic N) is 4. The van der Waals surface area contributed by atoms with Gasteiger partial charge in [-0.15, -0.1) is 0 Å². The highest BCUT2D eigenvalue weighted by molar-refractivity contribution is 5.49. The molecule has 0 bridgehead atoms. The van der Waals surface area contributed by atoms with E-state index in [4.69, 9.17) is 5.73 Å². The first kappa shape index (κ1) is 12.2. The Bertz CT molecular complexity index is 816.